The Morgan fingerprint density at radius 2 is 2.03 bits per heavy atom. The van der Waals surface area contributed by atoms with Crippen LogP contribution in [0.1, 0.15) is 60.0 Å². The second-order valence-corrected chi connectivity index (χ2v) is 9.88. The molecule has 0 spiro atoms. The number of amides is 1. The first-order valence-electron chi connectivity index (χ1n) is 10.4. The van der Waals surface area contributed by atoms with Gasteiger partial charge in [0.2, 0.25) is 0 Å². The van der Waals surface area contributed by atoms with Crippen molar-refractivity contribution in [1.82, 2.24) is 0 Å². The van der Waals surface area contributed by atoms with Crippen LogP contribution in [0.4, 0.5) is 0 Å². The van der Waals surface area contributed by atoms with Crippen molar-refractivity contribution in [2.24, 2.45) is 11.7 Å². The predicted molar refractivity (Wildman–Crippen MR) is 103 cm³/mol. The molecule has 1 amide bonds. The van der Waals surface area contributed by atoms with E-state index in [-0.39, 0.29) is 42.0 Å². The fraction of sp³-hybridized carbons (Fsp3) is 0.636. The highest BCUT2D eigenvalue weighted by molar-refractivity contribution is 5.96. The third-order valence-corrected chi connectivity index (χ3v) is 8.26. The maximum absolute atomic E-state index is 12.6. The summed E-state index contributed by atoms with van der Waals surface area (Å²) in [6, 6.07) is 3.46. The first-order chi connectivity index (χ1) is 13.2. The van der Waals surface area contributed by atoms with Crippen molar-refractivity contribution in [2.45, 2.75) is 62.0 Å². The van der Waals surface area contributed by atoms with Gasteiger partial charge in [0, 0.05) is 42.6 Å². The molecule has 2 bridgehead atoms. The standard InChI is InChI=1S/C22H28N2O4.ClH/c1-24(12-13-2-3-13)9-8-21-11-15(25)6-7-22(21,28)17(24)10-14-4-5-16(20(23)27)19(26)18(14)21;/h4-5,13,17,28H,2-3,6-12H2,1H3,(H2-,23,26,27);1H/t17-,21-,22-,24?;/m1./s1. The highest BCUT2D eigenvalue weighted by Gasteiger charge is 2.70. The lowest BCUT2D eigenvalue weighted by Gasteiger charge is -2.65. The Kier molecular flexibility index (Phi) is 4.58. The van der Waals surface area contributed by atoms with E-state index in [4.69, 9.17) is 5.73 Å². The lowest BCUT2D eigenvalue weighted by atomic mass is 9.48. The molecule has 4 aliphatic rings. The maximum atomic E-state index is 12.6. The Morgan fingerprint density at radius 1 is 1.31 bits per heavy atom. The van der Waals surface area contributed by atoms with Crippen molar-refractivity contribution < 1.29 is 36.7 Å². The molecule has 1 aliphatic heterocycles. The molecule has 5 rings (SSSR count). The van der Waals surface area contributed by atoms with Crippen LogP contribution in [-0.2, 0) is 16.6 Å². The summed E-state index contributed by atoms with van der Waals surface area (Å²) in [6.07, 6.45) is 4.85. The molecule has 6 nitrogen and oxygen atoms in total. The molecule has 3 fully saturated rings. The number of aromatic hydroxyl groups is 1. The molecule has 3 aliphatic carbocycles. The van der Waals surface area contributed by atoms with E-state index in [9.17, 15) is 19.8 Å². The smallest absolute Gasteiger partial charge is 0.252 e. The van der Waals surface area contributed by atoms with Crippen molar-refractivity contribution >= 4 is 11.7 Å². The Morgan fingerprint density at radius 3 is 2.69 bits per heavy atom. The monoisotopic (exact) mass is 420 g/mol. The summed E-state index contributed by atoms with van der Waals surface area (Å²) in [6.45, 7) is 1.94. The summed E-state index contributed by atoms with van der Waals surface area (Å²) in [5, 5.41) is 23.2. The summed E-state index contributed by atoms with van der Waals surface area (Å²) in [5.41, 5.74) is 5.23. The number of carbonyl (C=O) groups excluding carboxylic acids is 2. The highest BCUT2D eigenvalue weighted by atomic mass is 35.5. The van der Waals surface area contributed by atoms with Crippen LogP contribution >= 0.6 is 0 Å². The summed E-state index contributed by atoms with van der Waals surface area (Å²) in [4.78, 5) is 24.4. The number of nitrogens with zero attached hydrogens (tertiary/aromatic N) is 1. The molecule has 1 saturated heterocycles. The molecule has 158 valence electrons. The Balaban J connectivity index is 0.00000205. The van der Waals surface area contributed by atoms with Gasteiger partial charge in [-0.3, -0.25) is 9.59 Å². The third-order valence-electron chi connectivity index (χ3n) is 8.26. The average molecular weight is 421 g/mol. The number of quaternary nitrogens is 1. The van der Waals surface area contributed by atoms with Crippen molar-refractivity contribution in [3.63, 3.8) is 0 Å². The van der Waals surface area contributed by atoms with E-state index in [1.807, 2.05) is 6.07 Å². The fourth-order valence-corrected chi connectivity index (χ4v) is 6.73. The number of likely N-dealkylation sites (tertiary alicyclic amines) is 1. The number of nitrogens with two attached hydrogens (primary N) is 1. The van der Waals surface area contributed by atoms with Crippen molar-refractivity contribution in [1.29, 1.82) is 0 Å². The number of benzene rings is 1. The summed E-state index contributed by atoms with van der Waals surface area (Å²) in [5.74, 6) is 0.0429. The molecule has 4 atom stereocenters. The largest absolute Gasteiger partial charge is 1.00 e. The number of halogens is 1. The van der Waals surface area contributed by atoms with Gasteiger partial charge in [0.15, 0.2) is 0 Å². The van der Waals surface area contributed by atoms with Gasteiger partial charge in [0.25, 0.3) is 5.91 Å². The zero-order chi connectivity index (χ0) is 19.9. The lowest BCUT2D eigenvalue weighted by Crippen LogP contribution is -3.00. The number of hydrogen-bond donors (Lipinski definition) is 3. The van der Waals surface area contributed by atoms with Gasteiger partial charge >= 0.3 is 0 Å². The van der Waals surface area contributed by atoms with Gasteiger partial charge in [-0.2, -0.15) is 0 Å². The van der Waals surface area contributed by atoms with Crippen LogP contribution in [0.15, 0.2) is 12.1 Å². The minimum atomic E-state index is -1.05. The van der Waals surface area contributed by atoms with Gasteiger partial charge in [-0.25, -0.2) is 0 Å². The number of phenols is 1. The van der Waals surface area contributed by atoms with E-state index >= 15 is 0 Å². The van der Waals surface area contributed by atoms with E-state index in [2.05, 4.69) is 7.05 Å². The van der Waals surface area contributed by atoms with Crippen LogP contribution in [0.3, 0.4) is 0 Å². The average Bonchev–Trinajstić information content (AvgIpc) is 3.43. The van der Waals surface area contributed by atoms with E-state index in [1.165, 1.54) is 12.8 Å². The fourth-order valence-electron chi connectivity index (χ4n) is 6.73. The predicted octanol–water partition coefficient (Wildman–Crippen LogP) is -1.60. The number of primary amides is 1. The molecule has 0 aromatic heterocycles. The quantitative estimate of drug-likeness (QED) is 0.513. The van der Waals surface area contributed by atoms with E-state index < -0.39 is 16.9 Å². The number of fused-ring (bicyclic) bond motifs is 1. The molecule has 1 aromatic rings. The second-order valence-electron chi connectivity index (χ2n) is 9.88. The van der Waals surface area contributed by atoms with Gasteiger partial charge in [0.1, 0.15) is 23.2 Å². The van der Waals surface area contributed by atoms with Crippen molar-refractivity contribution in [3.05, 3.63) is 28.8 Å². The third kappa shape index (κ3) is 2.69. The van der Waals surface area contributed by atoms with E-state index in [1.54, 1.807) is 6.07 Å². The molecular weight excluding hydrogens is 392 g/mol. The molecule has 7 heteroatoms. The maximum Gasteiger partial charge on any atom is 0.252 e. The van der Waals surface area contributed by atoms with Gasteiger partial charge in [0.05, 0.1) is 25.7 Å². The minimum absolute atomic E-state index is 0. The topological polar surface area (TPSA) is 101 Å². The first-order valence-corrected chi connectivity index (χ1v) is 10.4. The number of piperidine rings is 1. The molecule has 1 heterocycles. The van der Waals surface area contributed by atoms with Crippen LogP contribution in [0, 0.1) is 5.92 Å². The number of ketones is 1. The van der Waals surface area contributed by atoms with Crippen LogP contribution in [-0.4, -0.2) is 58.2 Å². The summed E-state index contributed by atoms with van der Waals surface area (Å²) < 4.78 is 0.828. The number of hydrogen-bond acceptors (Lipinski definition) is 4. The number of rotatable bonds is 3. The Bertz CT molecular complexity index is 901. The molecule has 1 unspecified atom stereocenters. The highest BCUT2D eigenvalue weighted by Crippen LogP contribution is 2.61. The van der Waals surface area contributed by atoms with Crippen LogP contribution in [0.25, 0.3) is 0 Å². The second kappa shape index (κ2) is 6.43. The minimum Gasteiger partial charge on any atom is -1.00 e. The zero-order valence-electron chi connectivity index (χ0n) is 16.8. The van der Waals surface area contributed by atoms with E-state index in [0.717, 1.165) is 29.1 Å². The van der Waals surface area contributed by atoms with Gasteiger partial charge in [-0.15, -0.1) is 0 Å². The Labute approximate surface area is 177 Å². The number of Topliss-reactive ketones (excluding diaryl/α,β-unsaturated/α-hetero) is 1. The molecule has 4 N–H and O–H groups in total. The molecule has 0 radical (unpaired) electrons. The number of carbonyl (C=O) groups is 2. The van der Waals surface area contributed by atoms with Gasteiger partial charge < -0.3 is 32.8 Å². The summed E-state index contributed by atoms with van der Waals surface area (Å²) in [7, 11) is 2.25. The lowest BCUT2D eigenvalue weighted by molar-refractivity contribution is -0.950. The molecule has 1 aromatic carbocycles. The normalized spacial score (nSPS) is 37.9. The number of likely N-dealkylation sites (N-methyl/N-ethyl adjacent to an activating group) is 1. The number of aliphatic hydroxyl groups is 1. The van der Waals surface area contributed by atoms with Crippen molar-refractivity contribution in [2.75, 3.05) is 20.1 Å². The molecule has 29 heavy (non-hydrogen) atoms. The first kappa shape index (κ1) is 20.6. The molecule has 2 saturated carbocycles. The zero-order valence-corrected chi connectivity index (χ0v) is 17.5. The SMILES string of the molecule is C[N+]1(CC2CC2)CC[C@]23CC(=O)CC[C@@]2(O)[C@H]1Cc1ccc(C(N)=O)c(O)c13.[Cl-]. The Hall–Kier alpha value is -1.63. The van der Waals surface area contributed by atoms with Crippen LogP contribution in [0.5, 0.6) is 5.75 Å². The van der Waals surface area contributed by atoms with E-state index in [0.29, 0.717) is 31.2 Å². The van der Waals surface area contributed by atoms with Crippen LogP contribution in [0.2, 0.25) is 0 Å². The van der Waals surface area contributed by atoms with Gasteiger partial charge in [-0.05, 0) is 30.9 Å². The summed E-state index contributed by atoms with van der Waals surface area (Å²) >= 11 is 0. The van der Waals surface area contributed by atoms with Gasteiger partial charge in [-0.1, -0.05) is 6.07 Å². The molecular formula is C22H29ClN2O4. The van der Waals surface area contributed by atoms with Crippen molar-refractivity contribution in [3.8, 4) is 5.75 Å². The van der Waals surface area contributed by atoms with Crippen LogP contribution < -0.4 is 18.1 Å².